The van der Waals surface area contributed by atoms with Crippen LogP contribution in [0.3, 0.4) is 0 Å². The van der Waals surface area contributed by atoms with Crippen molar-refractivity contribution in [2.24, 2.45) is 4.99 Å². The van der Waals surface area contributed by atoms with Gasteiger partial charge >= 0.3 is 0 Å². The number of nitrogens with zero attached hydrogens (tertiary/aromatic N) is 3. The second-order valence-electron chi connectivity index (χ2n) is 7.10. The number of hydrogen-bond donors (Lipinski definition) is 2. The molecule has 154 valence electrons. The lowest BCUT2D eigenvalue weighted by Gasteiger charge is -2.23. The Balaban J connectivity index is 2.49. The number of hydrogen-bond acceptors (Lipinski definition) is 4. The largest absolute Gasteiger partial charge is 0.385 e. The number of guanidine groups is 1. The molecule has 6 nitrogen and oxygen atoms in total. The second-order valence-corrected chi connectivity index (χ2v) is 7.10. The molecule has 0 bridgehead atoms. The fourth-order valence-electron chi connectivity index (χ4n) is 2.79. The molecule has 0 aliphatic carbocycles. The molecular weight excluding hydrogens is 338 g/mol. The fraction of sp³-hybridized carbons (Fsp3) is 0.667. The van der Waals surface area contributed by atoms with Crippen LogP contribution in [0.15, 0.2) is 35.3 Å². The molecule has 0 aromatic heterocycles. The van der Waals surface area contributed by atoms with Crippen molar-refractivity contribution >= 4 is 5.96 Å². The highest BCUT2D eigenvalue weighted by molar-refractivity contribution is 5.79. The molecule has 1 unspecified atom stereocenters. The molecule has 27 heavy (non-hydrogen) atoms. The smallest absolute Gasteiger partial charge is 0.191 e. The number of benzene rings is 1. The zero-order valence-electron chi connectivity index (χ0n) is 17.9. The first kappa shape index (κ1) is 23.4. The van der Waals surface area contributed by atoms with Crippen LogP contribution in [0.2, 0.25) is 0 Å². The molecule has 0 heterocycles. The van der Waals surface area contributed by atoms with Crippen molar-refractivity contribution < 1.29 is 4.74 Å². The van der Waals surface area contributed by atoms with Crippen LogP contribution < -0.4 is 10.6 Å². The summed E-state index contributed by atoms with van der Waals surface area (Å²) in [6, 6.07) is 11.0. The van der Waals surface area contributed by atoms with Crippen LogP contribution in [0, 0.1) is 0 Å². The average molecular weight is 378 g/mol. The summed E-state index contributed by atoms with van der Waals surface area (Å²) in [5.41, 5.74) is 1.35. The summed E-state index contributed by atoms with van der Waals surface area (Å²) in [5.74, 6) is 0.891. The summed E-state index contributed by atoms with van der Waals surface area (Å²) < 4.78 is 5.11. The zero-order valence-corrected chi connectivity index (χ0v) is 17.9. The van der Waals surface area contributed by atoms with Gasteiger partial charge in [-0.1, -0.05) is 30.3 Å². The number of aliphatic imine (C=N–C) groups is 1. The van der Waals surface area contributed by atoms with Crippen LogP contribution >= 0.6 is 0 Å². The SMILES string of the molecule is CCNC(=NCC(Cc1ccccc1)N(C)C)NCCN(C)CCCOC. The Morgan fingerprint density at radius 2 is 1.85 bits per heavy atom. The highest BCUT2D eigenvalue weighted by atomic mass is 16.5. The number of likely N-dealkylation sites (N-methyl/N-ethyl adjacent to an activating group) is 2. The van der Waals surface area contributed by atoms with E-state index in [-0.39, 0.29) is 0 Å². The van der Waals surface area contributed by atoms with Crippen molar-refractivity contribution in [3.8, 4) is 0 Å². The normalized spacial score (nSPS) is 13.2. The number of ether oxygens (including phenoxy) is 1. The molecule has 6 heteroatoms. The van der Waals surface area contributed by atoms with Gasteiger partial charge in [0.25, 0.3) is 0 Å². The summed E-state index contributed by atoms with van der Waals surface area (Å²) in [7, 11) is 8.14. The molecule has 1 atom stereocenters. The van der Waals surface area contributed by atoms with Gasteiger partial charge in [0, 0.05) is 45.9 Å². The van der Waals surface area contributed by atoms with Crippen molar-refractivity contribution in [3.63, 3.8) is 0 Å². The van der Waals surface area contributed by atoms with Crippen molar-refractivity contribution in [2.75, 3.05) is 67.6 Å². The van der Waals surface area contributed by atoms with E-state index in [4.69, 9.17) is 9.73 Å². The third kappa shape index (κ3) is 11.0. The number of rotatable bonds is 13. The highest BCUT2D eigenvalue weighted by Crippen LogP contribution is 2.07. The van der Waals surface area contributed by atoms with Crippen LogP contribution in [0.5, 0.6) is 0 Å². The zero-order chi connectivity index (χ0) is 19.9. The van der Waals surface area contributed by atoms with Gasteiger partial charge in [0.1, 0.15) is 0 Å². The molecule has 0 spiro atoms. The van der Waals surface area contributed by atoms with E-state index < -0.39 is 0 Å². The van der Waals surface area contributed by atoms with Gasteiger partial charge in [-0.2, -0.15) is 0 Å². The van der Waals surface area contributed by atoms with Crippen molar-refractivity contribution in [1.82, 2.24) is 20.4 Å². The van der Waals surface area contributed by atoms with Gasteiger partial charge in [-0.05, 0) is 46.5 Å². The molecule has 0 amide bonds. The van der Waals surface area contributed by atoms with Crippen LogP contribution in [-0.2, 0) is 11.2 Å². The summed E-state index contributed by atoms with van der Waals surface area (Å²) >= 11 is 0. The van der Waals surface area contributed by atoms with Crippen LogP contribution in [0.1, 0.15) is 18.9 Å². The first-order valence-electron chi connectivity index (χ1n) is 9.96. The third-order valence-corrected chi connectivity index (χ3v) is 4.52. The summed E-state index contributed by atoms with van der Waals surface area (Å²) in [6.07, 6.45) is 2.06. The Hall–Kier alpha value is -1.63. The molecule has 1 rings (SSSR count). The summed E-state index contributed by atoms with van der Waals surface area (Å²) in [6.45, 7) is 7.44. The maximum Gasteiger partial charge on any atom is 0.191 e. The first-order chi connectivity index (χ1) is 13.1. The Labute approximate surface area is 166 Å². The number of nitrogens with one attached hydrogen (secondary N) is 2. The Bertz CT molecular complexity index is 507. The van der Waals surface area contributed by atoms with Crippen molar-refractivity contribution in [2.45, 2.75) is 25.8 Å². The Kier molecular flexibility index (Phi) is 12.5. The molecule has 2 N–H and O–H groups in total. The molecule has 1 aromatic rings. The molecule has 0 radical (unpaired) electrons. The summed E-state index contributed by atoms with van der Waals surface area (Å²) in [4.78, 5) is 9.38. The van der Waals surface area contributed by atoms with Gasteiger partial charge in [-0.3, -0.25) is 4.99 Å². The Morgan fingerprint density at radius 1 is 1.11 bits per heavy atom. The minimum atomic E-state index is 0.375. The van der Waals surface area contributed by atoms with Crippen LogP contribution in [0.25, 0.3) is 0 Å². The maximum absolute atomic E-state index is 5.11. The van der Waals surface area contributed by atoms with Crippen molar-refractivity contribution in [3.05, 3.63) is 35.9 Å². The van der Waals surface area contributed by atoms with E-state index in [9.17, 15) is 0 Å². The molecule has 0 aliphatic heterocycles. The van der Waals surface area contributed by atoms with E-state index in [0.717, 1.165) is 58.1 Å². The van der Waals surface area contributed by atoms with Gasteiger partial charge in [-0.25, -0.2) is 0 Å². The highest BCUT2D eigenvalue weighted by Gasteiger charge is 2.12. The van der Waals surface area contributed by atoms with Gasteiger partial charge in [0.05, 0.1) is 6.54 Å². The number of methoxy groups -OCH3 is 1. The molecule has 0 saturated carbocycles. The quantitative estimate of drug-likeness (QED) is 0.311. The van der Waals surface area contributed by atoms with Gasteiger partial charge in [0.2, 0.25) is 0 Å². The van der Waals surface area contributed by atoms with Gasteiger partial charge in [-0.15, -0.1) is 0 Å². The van der Waals surface area contributed by atoms with E-state index >= 15 is 0 Å². The lowest BCUT2D eigenvalue weighted by atomic mass is 10.1. The van der Waals surface area contributed by atoms with Crippen LogP contribution in [0.4, 0.5) is 0 Å². The molecule has 0 fully saturated rings. The van der Waals surface area contributed by atoms with Gasteiger partial charge < -0.3 is 25.2 Å². The monoisotopic (exact) mass is 377 g/mol. The predicted octanol–water partition coefficient (Wildman–Crippen LogP) is 1.68. The van der Waals surface area contributed by atoms with E-state index in [1.165, 1.54) is 5.56 Å². The lowest BCUT2D eigenvalue weighted by molar-refractivity contribution is 0.180. The standard InChI is InChI=1S/C21H39N5O/c1-6-22-21(23-13-15-26(4)14-10-16-27-5)24-18-20(25(2)3)17-19-11-8-7-9-12-19/h7-9,11-12,20H,6,10,13-18H2,1-5H3,(H2,22,23,24). The lowest BCUT2D eigenvalue weighted by Crippen LogP contribution is -2.42. The second kappa shape index (κ2) is 14.4. The van der Waals surface area contributed by atoms with Gasteiger partial charge in [0.15, 0.2) is 5.96 Å². The van der Waals surface area contributed by atoms with E-state index in [1.807, 2.05) is 0 Å². The Morgan fingerprint density at radius 3 is 2.48 bits per heavy atom. The van der Waals surface area contributed by atoms with E-state index in [1.54, 1.807) is 7.11 Å². The van der Waals surface area contributed by atoms with E-state index in [0.29, 0.717) is 6.04 Å². The minimum absolute atomic E-state index is 0.375. The first-order valence-corrected chi connectivity index (χ1v) is 9.96. The van der Waals surface area contributed by atoms with Crippen molar-refractivity contribution in [1.29, 1.82) is 0 Å². The minimum Gasteiger partial charge on any atom is -0.385 e. The molecule has 0 aliphatic rings. The summed E-state index contributed by atoms with van der Waals surface area (Å²) in [5, 5.41) is 6.80. The molecule has 0 saturated heterocycles. The predicted molar refractivity (Wildman–Crippen MR) is 116 cm³/mol. The fourth-order valence-corrected chi connectivity index (χ4v) is 2.79. The van der Waals surface area contributed by atoms with Crippen LogP contribution in [-0.4, -0.2) is 89.4 Å². The third-order valence-electron chi connectivity index (χ3n) is 4.52. The topological polar surface area (TPSA) is 52.1 Å². The van der Waals surface area contributed by atoms with E-state index in [2.05, 4.69) is 78.8 Å². The average Bonchev–Trinajstić information content (AvgIpc) is 2.65. The molecular formula is C21H39N5O. The maximum atomic E-state index is 5.11. The molecule has 1 aromatic carbocycles.